The highest BCUT2D eigenvalue weighted by Crippen LogP contribution is 2.06. The van der Waals surface area contributed by atoms with Crippen molar-refractivity contribution in [1.82, 2.24) is 15.3 Å². The molecule has 0 fully saturated rings. The van der Waals surface area contributed by atoms with Crippen LogP contribution in [0.5, 0.6) is 0 Å². The Hall–Kier alpha value is -1.52. The number of rotatable bonds is 4. The fourth-order valence-corrected chi connectivity index (χ4v) is 1.20. The molecule has 90 valence electrons. The summed E-state index contributed by atoms with van der Waals surface area (Å²) in [6.45, 7) is 6.12. The maximum Gasteiger partial charge on any atom is 0.407 e. The van der Waals surface area contributed by atoms with Crippen molar-refractivity contribution in [1.29, 1.82) is 0 Å². The van der Waals surface area contributed by atoms with E-state index in [9.17, 15) is 4.79 Å². The summed E-state index contributed by atoms with van der Waals surface area (Å²) in [6, 6.07) is 0. The molecule has 0 spiro atoms. The van der Waals surface area contributed by atoms with Crippen molar-refractivity contribution in [2.45, 2.75) is 39.2 Å². The lowest BCUT2D eigenvalue weighted by molar-refractivity contribution is 0.0527. The minimum Gasteiger partial charge on any atom is -0.444 e. The highest BCUT2D eigenvalue weighted by atomic mass is 16.6. The number of carbonyl (C=O) groups excluding carboxylic acids is 1. The zero-order valence-electron chi connectivity index (χ0n) is 10.0. The summed E-state index contributed by atoms with van der Waals surface area (Å²) < 4.78 is 5.10. The van der Waals surface area contributed by atoms with Gasteiger partial charge in [-0.2, -0.15) is 0 Å². The largest absolute Gasteiger partial charge is 0.444 e. The minimum absolute atomic E-state index is 0.369. The van der Waals surface area contributed by atoms with Gasteiger partial charge in [0.25, 0.3) is 0 Å². The molecule has 0 aliphatic heterocycles. The molecular weight excluding hydrogens is 206 g/mol. The molecule has 5 nitrogen and oxygen atoms in total. The second-order valence-corrected chi connectivity index (χ2v) is 4.57. The first-order valence-electron chi connectivity index (χ1n) is 5.42. The Bertz CT molecular complexity index is 314. The van der Waals surface area contributed by atoms with Gasteiger partial charge in [0.05, 0.1) is 0 Å². The number of nitrogens with zero attached hydrogens (tertiary/aromatic N) is 1. The van der Waals surface area contributed by atoms with E-state index in [0.717, 1.165) is 18.7 Å². The Morgan fingerprint density at radius 3 is 2.88 bits per heavy atom. The number of carbonyl (C=O) groups is 1. The van der Waals surface area contributed by atoms with Crippen LogP contribution in [0.4, 0.5) is 4.79 Å². The fraction of sp³-hybridized carbons (Fsp3) is 0.636. The van der Waals surface area contributed by atoms with Gasteiger partial charge in [-0.25, -0.2) is 9.78 Å². The number of aromatic nitrogens is 2. The Morgan fingerprint density at radius 2 is 2.31 bits per heavy atom. The van der Waals surface area contributed by atoms with Gasteiger partial charge in [-0.3, -0.25) is 0 Å². The Labute approximate surface area is 95.6 Å². The lowest BCUT2D eigenvalue weighted by atomic mass is 10.2. The summed E-state index contributed by atoms with van der Waals surface area (Å²) >= 11 is 0. The average Bonchev–Trinajstić information content (AvgIpc) is 2.62. The number of H-pyrrole nitrogens is 1. The van der Waals surface area contributed by atoms with E-state index in [4.69, 9.17) is 4.74 Å². The van der Waals surface area contributed by atoms with Crippen LogP contribution in [0.3, 0.4) is 0 Å². The van der Waals surface area contributed by atoms with E-state index in [0.29, 0.717) is 6.54 Å². The molecule has 1 aromatic heterocycles. The molecule has 0 aromatic carbocycles. The number of imidazole rings is 1. The molecule has 2 N–H and O–H groups in total. The van der Waals surface area contributed by atoms with Crippen LogP contribution in [0.2, 0.25) is 0 Å². The van der Waals surface area contributed by atoms with Crippen LogP contribution in [0.15, 0.2) is 12.4 Å². The van der Waals surface area contributed by atoms with Crippen LogP contribution >= 0.6 is 0 Å². The number of ether oxygens (including phenoxy) is 1. The molecule has 1 rings (SSSR count). The molecular formula is C11H19N3O2. The van der Waals surface area contributed by atoms with E-state index in [1.807, 2.05) is 20.8 Å². The van der Waals surface area contributed by atoms with Crippen molar-refractivity contribution in [3.8, 4) is 0 Å². The molecule has 0 saturated carbocycles. The van der Waals surface area contributed by atoms with Gasteiger partial charge in [-0.15, -0.1) is 0 Å². The van der Waals surface area contributed by atoms with Gasteiger partial charge in [0.1, 0.15) is 11.4 Å². The van der Waals surface area contributed by atoms with E-state index < -0.39 is 5.60 Å². The Morgan fingerprint density at radius 1 is 1.56 bits per heavy atom. The first-order valence-corrected chi connectivity index (χ1v) is 5.42. The van der Waals surface area contributed by atoms with Crippen molar-refractivity contribution in [2.75, 3.05) is 6.54 Å². The van der Waals surface area contributed by atoms with Crippen molar-refractivity contribution < 1.29 is 9.53 Å². The van der Waals surface area contributed by atoms with E-state index in [-0.39, 0.29) is 6.09 Å². The zero-order valence-corrected chi connectivity index (χ0v) is 10.0. The highest BCUT2D eigenvalue weighted by Gasteiger charge is 2.15. The maximum atomic E-state index is 11.3. The zero-order chi connectivity index (χ0) is 12.0. The van der Waals surface area contributed by atoms with Gasteiger partial charge >= 0.3 is 6.09 Å². The third kappa shape index (κ3) is 5.38. The molecule has 0 bridgehead atoms. The molecule has 1 heterocycles. The summed E-state index contributed by atoms with van der Waals surface area (Å²) in [4.78, 5) is 18.4. The summed E-state index contributed by atoms with van der Waals surface area (Å²) in [5, 5.41) is 2.70. The van der Waals surface area contributed by atoms with Crippen molar-refractivity contribution in [2.24, 2.45) is 0 Å². The van der Waals surface area contributed by atoms with Gasteiger partial charge in [0, 0.05) is 25.4 Å². The number of alkyl carbamates (subject to hydrolysis) is 1. The predicted octanol–water partition coefficient (Wildman–Crippen LogP) is 1.87. The van der Waals surface area contributed by atoms with Crippen LogP contribution < -0.4 is 5.32 Å². The topological polar surface area (TPSA) is 67.0 Å². The van der Waals surface area contributed by atoms with Gasteiger partial charge in [-0.1, -0.05) is 0 Å². The average molecular weight is 225 g/mol. The summed E-state index contributed by atoms with van der Waals surface area (Å²) in [5.41, 5.74) is -0.439. The summed E-state index contributed by atoms with van der Waals surface area (Å²) in [7, 11) is 0. The third-order valence-corrected chi connectivity index (χ3v) is 1.81. The Kier molecular flexibility index (Phi) is 4.34. The van der Waals surface area contributed by atoms with E-state index in [1.165, 1.54) is 0 Å². The van der Waals surface area contributed by atoms with Gasteiger partial charge in [0.15, 0.2) is 0 Å². The number of amides is 1. The first kappa shape index (κ1) is 12.5. The number of aryl methyl sites for hydroxylation is 1. The van der Waals surface area contributed by atoms with Crippen molar-refractivity contribution >= 4 is 6.09 Å². The van der Waals surface area contributed by atoms with Gasteiger partial charge in [0.2, 0.25) is 0 Å². The third-order valence-electron chi connectivity index (χ3n) is 1.81. The number of aromatic amines is 1. The van der Waals surface area contributed by atoms with E-state index in [2.05, 4.69) is 15.3 Å². The molecule has 0 aliphatic carbocycles. The van der Waals surface area contributed by atoms with Crippen LogP contribution in [-0.2, 0) is 11.2 Å². The number of hydrogen-bond donors (Lipinski definition) is 2. The van der Waals surface area contributed by atoms with Gasteiger partial charge < -0.3 is 15.0 Å². The maximum absolute atomic E-state index is 11.3. The van der Waals surface area contributed by atoms with Crippen LogP contribution in [0.1, 0.15) is 33.0 Å². The SMILES string of the molecule is CC(C)(C)OC(=O)NCCCc1ncc[nH]1. The smallest absolute Gasteiger partial charge is 0.407 e. The van der Waals surface area contributed by atoms with Crippen molar-refractivity contribution in [3.05, 3.63) is 18.2 Å². The molecule has 0 aliphatic rings. The number of nitrogens with one attached hydrogen (secondary N) is 2. The summed E-state index contributed by atoms with van der Waals surface area (Å²) in [5.74, 6) is 0.936. The number of hydrogen-bond acceptors (Lipinski definition) is 3. The molecule has 0 saturated heterocycles. The highest BCUT2D eigenvalue weighted by molar-refractivity contribution is 5.67. The predicted molar refractivity (Wildman–Crippen MR) is 61.1 cm³/mol. The molecule has 5 heteroatoms. The Balaban J connectivity index is 2.09. The fourth-order valence-electron chi connectivity index (χ4n) is 1.20. The molecule has 1 amide bonds. The molecule has 0 unspecified atom stereocenters. The van der Waals surface area contributed by atoms with Crippen molar-refractivity contribution in [3.63, 3.8) is 0 Å². The quantitative estimate of drug-likeness (QED) is 0.769. The second kappa shape index (κ2) is 5.53. The van der Waals surface area contributed by atoms with Crippen LogP contribution in [0.25, 0.3) is 0 Å². The van der Waals surface area contributed by atoms with E-state index >= 15 is 0 Å². The summed E-state index contributed by atoms with van der Waals surface area (Å²) in [6.07, 6.45) is 4.80. The van der Waals surface area contributed by atoms with Crippen LogP contribution in [-0.4, -0.2) is 28.2 Å². The molecule has 1 aromatic rings. The lowest BCUT2D eigenvalue weighted by Crippen LogP contribution is -2.33. The van der Waals surface area contributed by atoms with E-state index in [1.54, 1.807) is 12.4 Å². The van der Waals surface area contributed by atoms with Crippen LogP contribution in [0, 0.1) is 0 Å². The standard InChI is InChI=1S/C11H19N3O2/c1-11(2,3)16-10(15)14-6-4-5-9-12-7-8-13-9/h7-8H,4-6H2,1-3H3,(H,12,13)(H,14,15). The monoisotopic (exact) mass is 225 g/mol. The van der Waals surface area contributed by atoms with Gasteiger partial charge in [-0.05, 0) is 27.2 Å². The lowest BCUT2D eigenvalue weighted by Gasteiger charge is -2.19. The first-order chi connectivity index (χ1) is 7.47. The minimum atomic E-state index is -0.439. The normalized spacial score (nSPS) is 11.2. The molecule has 0 radical (unpaired) electrons. The molecule has 0 atom stereocenters. The second-order valence-electron chi connectivity index (χ2n) is 4.57. The molecule has 16 heavy (non-hydrogen) atoms.